The number of β-lactam (4-membered cyclic amide) rings is 1. The van der Waals surface area contributed by atoms with Crippen molar-refractivity contribution in [2.45, 2.75) is 24.9 Å². The molecule has 0 saturated carbocycles. The zero-order valence-corrected chi connectivity index (χ0v) is 17.3. The van der Waals surface area contributed by atoms with Gasteiger partial charge >= 0.3 is 5.97 Å². The number of amides is 2. The normalized spacial score (nSPS) is 23.5. The summed E-state index contributed by atoms with van der Waals surface area (Å²) in [6.45, 7) is 0. The average Bonchev–Trinajstić information content (AvgIpc) is 3.38. The topological polar surface area (TPSA) is 195 Å². The second kappa shape index (κ2) is 8.13. The molecule has 2 amide bonds. The Bertz CT molecular complexity index is 1020. The number of nitrogens with zero attached hydrogens (tertiary/aromatic N) is 4. The van der Waals surface area contributed by atoms with Crippen molar-refractivity contribution in [3.05, 3.63) is 26.9 Å². The van der Waals surface area contributed by atoms with Gasteiger partial charge in [-0.05, 0) is 24.8 Å². The van der Waals surface area contributed by atoms with Gasteiger partial charge in [0.15, 0.2) is 5.13 Å². The standard InChI is InChI=1S/C14H14N8O5S3/c15-14-18-10(20-30-14)8(19-27)11(23)17-7-4-1-2-5(28-6-3-16-21-29-6)9(13(25)26)22(4)12(7)24/h3-4,7,16,21,27H,1-2H2,(H,17,23)(H,25,26)(H2,15,18,20)/b19-8-. The number of carboxylic acid groups (broad SMARTS) is 1. The average molecular weight is 471 g/mol. The number of rotatable bonds is 6. The number of aromatic nitrogens is 2. The molecule has 3 aliphatic heterocycles. The lowest BCUT2D eigenvalue weighted by molar-refractivity contribution is -0.155. The van der Waals surface area contributed by atoms with Crippen molar-refractivity contribution in [2.24, 2.45) is 5.16 Å². The highest BCUT2D eigenvalue weighted by atomic mass is 32.2. The lowest BCUT2D eigenvalue weighted by atomic mass is 9.86. The van der Waals surface area contributed by atoms with Crippen LogP contribution in [0.1, 0.15) is 18.7 Å². The van der Waals surface area contributed by atoms with E-state index in [0.29, 0.717) is 17.7 Å². The van der Waals surface area contributed by atoms with Crippen LogP contribution in [0.15, 0.2) is 26.2 Å². The summed E-state index contributed by atoms with van der Waals surface area (Å²) in [6, 6.07) is -1.47. The van der Waals surface area contributed by atoms with Crippen molar-refractivity contribution >= 4 is 63.9 Å². The molecular weight excluding hydrogens is 456 g/mol. The van der Waals surface area contributed by atoms with Crippen LogP contribution in [-0.2, 0) is 14.4 Å². The van der Waals surface area contributed by atoms with Gasteiger partial charge in [-0.3, -0.25) is 14.5 Å². The first-order chi connectivity index (χ1) is 14.4. The van der Waals surface area contributed by atoms with Crippen molar-refractivity contribution in [3.63, 3.8) is 0 Å². The number of aliphatic carboxylic acids is 1. The van der Waals surface area contributed by atoms with E-state index in [4.69, 9.17) is 10.9 Å². The molecule has 0 spiro atoms. The second-order valence-corrected chi connectivity index (χ2v) is 9.19. The minimum Gasteiger partial charge on any atom is -0.477 e. The van der Waals surface area contributed by atoms with E-state index in [-0.39, 0.29) is 16.7 Å². The van der Waals surface area contributed by atoms with E-state index in [1.807, 2.05) is 0 Å². The van der Waals surface area contributed by atoms with Crippen LogP contribution in [0, 0.1) is 0 Å². The molecule has 158 valence electrons. The van der Waals surface area contributed by atoms with Gasteiger partial charge in [-0.25, -0.2) is 4.79 Å². The number of nitrogen functional groups attached to an aromatic ring is 1. The molecule has 3 aliphatic rings. The minimum atomic E-state index is -1.22. The molecule has 1 aromatic rings. The zero-order valence-electron chi connectivity index (χ0n) is 14.9. The van der Waals surface area contributed by atoms with Crippen LogP contribution in [0.25, 0.3) is 0 Å². The lowest BCUT2D eigenvalue weighted by Crippen LogP contribution is -2.72. The van der Waals surface area contributed by atoms with E-state index >= 15 is 0 Å². The van der Waals surface area contributed by atoms with Crippen molar-refractivity contribution in [1.82, 2.24) is 29.8 Å². The number of allylic oxidation sites excluding steroid dienone is 1. The van der Waals surface area contributed by atoms with Gasteiger partial charge in [0, 0.05) is 22.6 Å². The molecule has 16 heteroatoms. The maximum absolute atomic E-state index is 12.7. The number of nitrogens with one attached hydrogen (secondary N) is 3. The Kier molecular flexibility index (Phi) is 5.54. The van der Waals surface area contributed by atoms with Crippen molar-refractivity contribution in [3.8, 4) is 0 Å². The summed E-state index contributed by atoms with van der Waals surface area (Å²) in [5, 5.41) is 24.3. The summed E-state index contributed by atoms with van der Waals surface area (Å²) in [6.07, 6.45) is 2.59. The number of hydrazine groups is 1. The predicted molar refractivity (Wildman–Crippen MR) is 109 cm³/mol. The molecule has 0 bridgehead atoms. The number of hydrogen-bond acceptors (Lipinski definition) is 13. The molecule has 0 aromatic carbocycles. The van der Waals surface area contributed by atoms with E-state index in [2.05, 4.69) is 30.1 Å². The monoisotopic (exact) mass is 470 g/mol. The number of hydrogen-bond donors (Lipinski definition) is 6. The third-order valence-corrected chi connectivity index (χ3v) is 7.02. The van der Waals surface area contributed by atoms with Gasteiger partial charge in [0.1, 0.15) is 11.7 Å². The zero-order chi connectivity index (χ0) is 21.4. The van der Waals surface area contributed by atoms with Gasteiger partial charge in [0.05, 0.1) is 10.3 Å². The van der Waals surface area contributed by atoms with Crippen LogP contribution in [0.4, 0.5) is 5.13 Å². The Morgan fingerprint density at radius 1 is 1.47 bits per heavy atom. The van der Waals surface area contributed by atoms with Crippen LogP contribution in [-0.4, -0.2) is 60.2 Å². The summed E-state index contributed by atoms with van der Waals surface area (Å²) in [5.41, 5.74) is 7.69. The number of thioether (sulfide) groups is 1. The third-order valence-electron chi connectivity index (χ3n) is 4.47. The summed E-state index contributed by atoms with van der Waals surface area (Å²) in [4.78, 5) is 45.4. The highest BCUT2D eigenvalue weighted by Crippen LogP contribution is 2.45. The molecule has 0 aliphatic carbocycles. The molecule has 2 atom stereocenters. The molecule has 4 heterocycles. The van der Waals surface area contributed by atoms with Crippen LogP contribution < -0.4 is 21.3 Å². The highest BCUT2D eigenvalue weighted by Gasteiger charge is 2.54. The largest absolute Gasteiger partial charge is 0.477 e. The maximum atomic E-state index is 12.7. The lowest BCUT2D eigenvalue weighted by Gasteiger charge is -2.50. The van der Waals surface area contributed by atoms with Crippen LogP contribution in [0.5, 0.6) is 0 Å². The Hall–Kier alpha value is -2.82. The molecule has 4 rings (SSSR count). The molecule has 13 nitrogen and oxygen atoms in total. The van der Waals surface area contributed by atoms with E-state index in [9.17, 15) is 19.5 Å². The second-order valence-electron chi connectivity index (χ2n) is 6.16. The van der Waals surface area contributed by atoms with Gasteiger partial charge < -0.3 is 26.8 Å². The number of carbonyl (C=O) groups excluding carboxylic acids is 2. The Morgan fingerprint density at radius 2 is 2.27 bits per heavy atom. The van der Waals surface area contributed by atoms with Crippen LogP contribution in [0.2, 0.25) is 0 Å². The Labute approximate surface area is 181 Å². The molecule has 1 fully saturated rings. The first kappa shape index (κ1) is 20.5. The van der Waals surface area contributed by atoms with Crippen LogP contribution >= 0.6 is 35.2 Å². The maximum Gasteiger partial charge on any atom is 0.353 e. The number of nitrogens with two attached hydrogens (primary N) is 1. The van der Waals surface area contributed by atoms with E-state index < -0.39 is 35.6 Å². The fourth-order valence-corrected chi connectivity index (χ4v) is 5.46. The molecule has 1 aromatic heterocycles. The van der Waals surface area contributed by atoms with Crippen molar-refractivity contribution in [2.75, 3.05) is 5.73 Å². The van der Waals surface area contributed by atoms with E-state index in [0.717, 1.165) is 15.8 Å². The molecule has 30 heavy (non-hydrogen) atoms. The predicted octanol–water partition coefficient (Wildman–Crippen LogP) is -0.628. The summed E-state index contributed by atoms with van der Waals surface area (Å²) < 4.78 is 4.63. The van der Waals surface area contributed by atoms with E-state index in [1.54, 1.807) is 6.20 Å². The van der Waals surface area contributed by atoms with Gasteiger partial charge in [0.25, 0.3) is 11.8 Å². The van der Waals surface area contributed by atoms with Crippen LogP contribution in [0.3, 0.4) is 0 Å². The molecular formula is C14H14N8O5S3. The first-order valence-electron chi connectivity index (χ1n) is 8.38. The van der Waals surface area contributed by atoms with Crippen molar-refractivity contribution < 1.29 is 24.7 Å². The number of anilines is 1. The molecule has 0 radical (unpaired) electrons. The summed E-state index contributed by atoms with van der Waals surface area (Å²) in [5.74, 6) is -2.81. The van der Waals surface area contributed by atoms with Gasteiger partial charge in [-0.15, -0.1) is 0 Å². The fraction of sp³-hybridized carbons (Fsp3) is 0.286. The fourth-order valence-electron chi connectivity index (χ4n) is 3.23. The minimum absolute atomic E-state index is 0.0827. The summed E-state index contributed by atoms with van der Waals surface area (Å²) in [7, 11) is 0. The van der Waals surface area contributed by atoms with Crippen molar-refractivity contribution in [1.29, 1.82) is 0 Å². The quantitative estimate of drug-likeness (QED) is 0.101. The van der Waals surface area contributed by atoms with Gasteiger partial charge in [0.2, 0.25) is 11.5 Å². The molecule has 1 saturated heterocycles. The number of fused-ring (bicyclic) bond motifs is 1. The first-order valence-corrected chi connectivity index (χ1v) is 10.8. The molecule has 2 unspecified atom stereocenters. The number of carbonyl (C=O) groups is 3. The Morgan fingerprint density at radius 3 is 2.87 bits per heavy atom. The Balaban J connectivity index is 1.50. The highest BCUT2D eigenvalue weighted by molar-refractivity contribution is 8.23. The third kappa shape index (κ3) is 3.57. The van der Waals surface area contributed by atoms with Gasteiger partial charge in [-0.1, -0.05) is 16.9 Å². The summed E-state index contributed by atoms with van der Waals surface area (Å²) >= 11 is 3.39. The molecule has 7 N–H and O–H groups in total. The number of carboxylic acids is 1. The SMILES string of the molecule is Nc1nc(/C(=N/O)C(=O)NC2C(=O)N3C(C(=O)O)=C(SC4=CNNS4)CCC23)ns1. The van der Waals surface area contributed by atoms with E-state index in [1.165, 1.54) is 28.6 Å². The van der Waals surface area contributed by atoms with Gasteiger partial charge in [-0.2, -0.15) is 14.2 Å². The number of oxime groups is 1. The smallest absolute Gasteiger partial charge is 0.353 e.